The third-order valence-electron chi connectivity index (χ3n) is 3.24. The summed E-state index contributed by atoms with van der Waals surface area (Å²) in [4.78, 5) is 11.6. The van der Waals surface area contributed by atoms with Crippen LogP contribution in [0.1, 0.15) is 68.6 Å². The number of unbranched alkanes of at least 4 members (excludes halogenated alkanes) is 7. The average molecular weight is 279 g/mol. The van der Waals surface area contributed by atoms with E-state index < -0.39 is 5.97 Å². The highest BCUT2D eigenvalue weighted by Crippen LogP contribution is 2.08. The zero-order valence-electron chi connectivity index (χ0n) is 12.3. The molecule has 0 aliphatic rings. The molecule has 0 amide bonds. The Kier molecular flexibility index (Phi) is 8.43. The van der Waals surface area contributed by atoms with Gasteiger partial charge in [-0.05, 0) is 12.5 Å². The molecule has 0 radical (unpaired) electrons. The van der Waals surface area contributed by atoms with Crippen molar-refractivity contribution in [3.05, 3.63) is 35.3 Å². The molecule has 0 aromatic carbocycles. The summed E-state index contributed by atoms with van der Waals surface area (Å²) in [6.07, 6.45) is 12.3. The maximum atomic E-state index is 11.6. The van der Waals surface area contributed by atoms with Crippen molar-refractivity contribution >= 4 is 5.97 Å². The molecule has 112 valence electrons. The minimum atomic E-state index is -0.418. The lowest BCUT2D eigenvalue weighted by Gasteiger charge is -2.05. The lowest BCUT2D eigenvalue weighted by Crippen LogP contribution is -2.26. The molecular formula is C16H25NO3. The highest BCUT2D eigenvalue weighted by molar-refractivity contribution is 5.88. The van der Waals surface area contributed by atoms with Crippen molar-refractivity contribution in [1.29, 1.82) is 0 Å². The normalized spacial score (nSPS) is 10.4. The van der Waals surface area contributed by atoms with Crippen molar-refractivity contribution in [2.24, 2.45) is 0 Å². The van der Waals surface area contributed by atoms with Gasteiger partial charge in [-0.3, -0.25) is 0 Å². The van der Waals surface area contributed by atoms with Crippen LogP contribution in [0.5, 0.6) is 0 Å². The summed E-state index contributed by atoms with van der Waals surface area (Å²) < 4.78 is 5.74. The van der Waals surface area contributed by atoms with E-state index in [9.17, 15) is 10.0 Å². The Balaban J connectivity index is 2.02. The number of rotatable bonds is 10. The summed E-state index contributed by atoms with van der Waals surface area (Å²) in [6, 6.07) is 3.13. The monoisotopic (exact) mass is 279 g/mol. The number of aromatic nitrogens is 1. The van der Waals surface area contributed by atoms with E-state index in [1.54, 1.807) is 12.1 Å². The Morgan fingerprint density at radius 3 is 2.45 bits per heavy atom. The van der Waals surface area contributed by atoms with Gasteiger partial charge in [-0.1, -0.05) is 51.9 Å². The highest BCUT2D eigenvalue weighted by Gasteiger charge is 2.09. The molecule has 0 unspecified atom stereocenters. The van der Waals surface area contributed by atoms with Crippen LogP contribution in [-0.4, -0.2) is 12.6 Å². The van der Waals surface area contributed by atoms with Crippen LogP contribution in [0.25, 0.3) is 0 Å². The Labute approximate surface area is 121 Å². The fourth-order valence-corrected chi connectivity index (χ4v) is 2.06. The first-order valence-electron chi connectivity index (χ1n) is 7.60. The molecule has 0 atom stereocenters. The zero-order valence-corrected chi connectivity index (χ0v) is 12.3. The van der Waals surface area contributed by atoms with Crippen LogP contribution in [-0.2, 0) is 4.74 Å². The molecular weight excluding hydrogens is 254 g/mol. The predicted molar refractivity (Wildman–Crippen MR) is 78.3 cm³/mol. The second-order valence-electron chi connectivity index (χ2n) is 5.06. The maximum Gasteiger partial charge on any atom is 0.344 e. The van der Waals surface area contributed by atoms with E-state index >= 15 is 0 Å². The zero-order chi connectivity index (χ0) is 14.6. The van der Waals surface area contributed by atoms with Gasteiger partial charge in [0.25, 0.3) is 0 Å². The molecule has 0 bridgehead atoms. The Bertz CT molecular complexity index is 393. The quantitative estimate of drug-likeness (QED) is 0.284. The summed E-state index contributed by atoms with van der Waals surface area (Å²) in [5.74, 6) is -0.418. The summed E-state index contributed by atoms with van der Waals surface area (Å²) in [7, 11) is 0. The van der Waals surface area contributed by atoms with Gasteiger partial charge in [0.1, 0.15) is 5.56 Å². The molecule has 1 heterocycles. The predicted octanol–water partition coefficient (Wildman–Crippen LogP) is 3.62. The van der Waals surface area contributed by atoms with E-state index in [-0.39, 0.29) is 0 Å². The number of hydrogen-bond acceptors (Lipinski definition) is 3. The van der Waals surface area contributed by atoms with E-state index in [2.05, 4.69) is 6.92 Å². The number of carbonyl (C=O) groups excluding carboxylic acids is 1. The maximum absolute atomic E-state index is 11.6. The fourth-order valence-electron chi connectivity index (χ4n) is 2.06. The lowest BCUT2D eigenvalue weighted by atomic mass is 10.1. The summed E-state index contributed by atoms with van der Waals surface area (Å²) in [5, 5.41) is 11.0. The van der Waals surface area contributed by atoms with E-state index in [0.29, 0.717) is 16.9 Å². The van der Waals surface area contributed by atoms with E-state index in [0.717, 1.165) is 12.8 Å². The van der Waals surface area contributed by atoms with Crippen molar-refractivity contribution in [2.75, 3.05) is 6.61 Å². The van der Waals surface area contributed by atoms with Crippen LogP contribution < -0.4 is 4.73 Å². The van der Waals surface area contributed by atoms with Crippen LogP contribution in [0.3, 0.4) is 0 Å². The van der Waals surface area contributed by atoms with Crippen molar-refractivity contribution < 1.29 is 14.3 Å². The first-order valence-corrected chi connectivity index (χ1v) is 7.60. The molecule has 0 N–H and O–H groups in total. The van der Waals surface area contributed by atoms with Crippen LogP contribution in [0.15, 0.2) is 24.5 Å². The molecule has 0 saturated heterocycles. The van der Waals surface area contributed by atoms with Crippen LogP contribution in [0, 0.1) is 5.21 Å². The van der Waals surface area contributed by atoms with Gasteiger partial charge in [0.2, 0.25) is 0 Å². The summed E-state index contributed by atoms with van der Waals surface area (Å²) in [6.45, 7) is 2.65. The van der Waals surface area contributed by atoms with Crippen LogP contribution >= 0.6 is 0 Å². The number of hydrogen-bond donors (Lipinski definition) is 0. The average Bonchev–Trinajstić information content (AvgIpc) is 2.45. The molecule has 20 heavy (non-hydrogen) atoms. The van der Waals surface area contributed by atoms with Crippen molar-refractivity contribution in [3.63, 3.8) is 0 Å². The van der Waals surface area contributed by atoms with Gasteiger partial charge in [0, 0.05) is 6.07 Å². The summed E-state index contributed by atoms with van der Waals surface area (Å²) >= 11 is 0. The minimum Gasteiger partial charge on any atom is -0.619 e. The molecule has 1 aromatic heterocycles. The topological polar surface area (TPSA) is 53.2 Å². The molecule has 1 aromatic rings. The van der Waals surface area contributed by atoms with Gasteiger partial charge < -0.3 is 9.94 Å². The van der Waals surface area contributed by atoms with Crippen LogP contribution in [0.2, 0.25) is 0 Å². The molecule has 4 nitrogen and oxygen atoms in total. The molecule has 0 aliphatic heterocycles. The van der Waals surface area contributed by atoms with E-state index in [1.807, 2.05) is 0 Å². The lowest BCUT2D eigenvalue weighted by molar-refractivity contribution is -0.605. The first-order chi connectivity index (χ1) is 9.74. The standard InChI is InChI=1S/C16H25NO3/c1-2-3-4-5-6-7-8-9-13-20-16(18)15-11-10-12-17(19)14-15/h10-12,14H,2-9,13H2,1H3. The second-order valence-corrected chi connectivity index (χ2v) is 5.06. The van der Waals surface area contributed by atoms with Crippen molar-refractivity contribution in [1.82, 2.24) is 0 Å². The number of nitrogens with zero attached hydrogens (tertiary/aromatic N) is 1. The van der Waals surface area contributed by atoms with Gasteiger partial charge >= 0.3 is 5.97 Å². The molecule has 1 rings (SSSR count). The highest BCUT2D eigenvalue weighted by atomic mass is 16.5. The van der Waals surface area contributed by atoms with Gasteiger partial charge in [0.15, 0.2) is 12.4 Å². The smallest absolute Gasteiger partial charge is 0.344 e. The number of ether oxygens (including phenoxy) is 1. The number of esters is 1. The largest absolute Gasteiger partial charge is 0.619 e. The summed E-state index contributed by atoms with van der Waals surface area (Å²) in [5.41, 5.74) is 0.307. The Hall–Kier alpha value is -1.58. The molecule has 0 spiro atoms. The second kappa shape index (κ2) is 10.2. The van der Waals surface area contributed by atoms with Gasteiger partial charge in [-0.25, -0.2) is 4.79 Å². The SMILES string of the molecule is CCCCCCCCCCOC(=O)c1ccc[n+]([O-])c1. The molecule has 0 fully saturated rings. The third kappa shape index (κ3) is 7.12. The first kappa shape index (κ1) is 16.5. The number of pyridine rings is 1. The van der Waals surface area contributed by atoms with Crippen molar-refractivity contribution in [3.8, 4) is 0 Å². The van der Waals surface area contributed by atoms with Crippen LogP contribution in [0.4, 0.5) is 0 Å². The number of carbonyl (C=O) groups is 1. The molecule has 4 heteroatoms. The Morgan fingerprint density at radius 2 is 1.80 bits per heavy atom. The molecule has 0 aliphatic carbocycles. The molecule has 0 saturated carbocycles. The third-order valence-corrected chi connectivity index (χ3v) is 3.24. The van der Waals surface area contributed by atoms with Crippen molar-refractivity contribution in [2.45, 2.75) is 58.3 Å². The minimum absolute atomic E-state index is 0.307. The van der Waals surface area contributed by atoms with Gasteiger partial charge in [0.05, 0.1) is 6.61 Å². The fraction of sp³-hybridized carbons (Fsp3) is 0.625. The van der Waals surface area contributed by atoms with Gasteiger partial charge in [-0.2, -0.15) is 4.73 Å². The van der Waals surface area contributed by atoms with E-state index in [4.69, 9.17) is 4.74 Å². The van der Waals surface area contributed by atoms with Gasteiger partial charge in [-0.15, -0.1) is 0 Å². The Morgan fingerprint density at radius 1 is 1.15 bits per heavy atom. The van der Waals surface area contributed by atoms with E-state index in [1.165, 1.54) is 50.9 Å².